The smallest absolute Gasteiger partial charge is 0.317 e. The van der Waals surface area contributed by atoms with E-state index in [4.69, 9.17) is 4.42 Å². The lowest BCUT2D eigenvalue weighted by Crippen LogP contribution is -2.44. The molecule has 34 heavy (non-hydrogen) atoms. The van der Waals surface area contributed by atoms with Crippen LogP contribution in [0.4, 0.5) is 0 Å². The van der Waals surface area contributed by atoms with Gasteiger partial charge in [-0.2, -0.15) is 0 Å². The molecule has 2 heterocycles. The van der Waals surface area contributed by atoms with Crippen molar-refractivity contribution >= 4 is 16.9 Å². The number of furan rings is 1. The molecule has 4 rings (SSSR count). The Hall–Kier alpha value is -3.91. The molecule has 1 N–H and O–H groups in total. The topological polar surface area (TPSA) is 89.5 Å². The molecule has 0 saturated carbocycles. The molecule has 176 valence electrons. The first kappa shape index (κ1) is 23.3. The molecule has 0 radical (unpaired) electrons. The van der Waals surface area contributed by atoms with Gasteiger partial charge in [0, 0.05) is 26.7 Å². The predicted molar refractivity (Wildman–Crippen MR) is 131 cm³/mol. The second kappa shape index (κ2) is 10.8. The van der Waals surface area contributed by atoms with E-state index in [1.54, 1.807) is 37.6 Å². The zero-order valence-corrected chi connectivity index (χ0v) is 19.1. The first-order valence-electron chi connectivity index (χ1n) is 11.3. The van der Waals surface area contributed by atoms with Gasteiger partial charge in [-0.15, -0.1) is 0 Å². The average Bonchev–Trinajstić information content (AvgIpc) is 3.37. The summed E-state index contributed by atoms with van der Waals surface area (Å²) in [5.41, 5.74) is 1.03. The summed E-state index contributed by atoms with van der Waals surface area (Å²) in [6.45, 7) is 2.25. The van der Waals surface area contributed by atoms with E-state index in [1.165, 1.54) is 14.7 Å². The van der Waals surface area contributed by atoms with Crippen LogP contribution in [0, 0.1) is 0 Å². The minimum Gasteiger partial charge on any atom is -0.468 e. The van der Waals surface area contributed by atoms with E-state index >= 15 is 0 Å². The lowest BCUT2D eigenvalue weighted by molar-refractivity contribution is -0.121. The number of aryl methyl sites for hydroxylation is 1. The SMILES string of the molecule is Cn1c(=O)c(=O)n(CC(=O)NCCN(CCc2ccccc2)Cc2ccco2)c2ccccc21. The van der Waals surface area contributed by atoms with Gasteiger partial charge in [-0.05, 0) is 36.2 Å². The Morgan fingerprint density at radius 2 is 1.65 bits per heavy atom. The summed E-state index contributed by atoms with van der Waals surface area (Å²) in [6.07, 6.45) is 2.53. The van der Waals surface area contributed by atoms with Gasteiger partial charge in [0.05, 0.1) is 23.8 Å². The number of hydrogen-bond acceptors (Lipinski definition) is 5. The fourth-order valence-corrected chi connectivity index (χ4v) is 3.99. The first-order valence-corrected chi connectivity index (χ1v) is 11.3. The Morgan fingerprint density at radius 3 is 2.38 bits per heavy atom. The van der Waals surface area contributed by atoms with Crippen LogP contribution in [0.2, 0.25) is 0 Å². The summed E-state index contributed by atoms with van der Waals surface area (Å²) in [4.78, 5) is 39.7. The average molecular weight is 461 g/mol. The Labute approximate surface area is 197 Å². The van der Waals surface area contributed by atoms with Crippen LogP contribution < -0.4 is 16.4 Å². The molecule has 4 aromatic rings. The maximum absolute atomic E-state index is 12.7. The third-order valence-corrected chi connectivity index (χ3v) is 5.84. The lowest BCUT2D eigenvalue weighted by atomic mass is 10.1. The van der Waals surface area contributed by atoms with Crippen LogP contribution >= 0.6 is 0 Å². The van der Waals surface area contributed by atoms with E-state index in [-0.39, 0.29) is 12.5 Å². The van der Waals surface area contributed by atoms with Crippen molar-refractivity contribution in [2.75, 3.05) is 19.6 Å². The Kier molecular flexibility index (Phi) is 7.39. The molecule has 8 heteroatoms. The minimum absolute atomic E-state index is 0.211. The Morgan fingerprint density at radius 1 is 0.912 bits per heavy atom. The lowest BCUT2D eigenvalue weighted by Gasteiger charge is -2.21. The van der Waals surface area contributed by atoms with Gasteiger partial charge in [-0.3, -0.25) is 23.9 Å². The number of rotatable bonds is 10. The van der Waals surface area contributed by atoms with Gasteiger partial charge < -0.3 is 14.3 Å². The van der Waals surface area contributed by atoms with Crippen molar-refractivity contribution in [3.8, 4) is 0 Å². The fourth-order valence-electron chi connectivity index (χ4n) is 3.99. The molecule has 2 aromatic heterocycles. The molecule has 0 saturated heterocycles. The summed E-state index contributed by atoms with van der Waals surface area (Å²) in [5.74, 6) is 0.541. The highest BCUT2D eigenvalue weighted by Gasteiger charge is 2.14. The highest BCUT2D eigenvalue weighted by atomic mass is 16.3. The van der Waals surface area contributed by atoms with E-state index < -0.39 is 11.1 Å². The molecule has 0 aliphatic carbocycles. The van der Waals surface area contributed by atoms with Gasteiger partial charge in [-0.1, -0.05) is 42.5 Å². The summed E-state index contributed by atoms with van der Waals surface area (Å²) >= 11 is 0. The van der Waals surface area contributed by atoms with Gasteiger partial charge in [0.15, 0.2) is 0 Å². The Balaban J connectivity index is 1.39. The molecule has 0 aliphatic rings. The number of nitrogens with zero attached hydrogens (tertiary/aromatic N) is 3. The van der Waals surface area contributed by atoms with Gasteiger partial charge in [0.25, 0.3) is 0 Å². The zero-order chi connectivity index (χ0) is 23.9. The van der Waals surface area contributed by atoms with E-state index in [1.807, 2.05) is 30.3 Å². The number of para-hydroxylation sites is 2. The Bertz CT molecular complexity index is 1360. The maximum Gasteiger partial charge on any atom is 0.317 e. The molecular weight excluding hydrogens is 432 g/mol. The van der Waals surface area contributed by atoms with Crippen molar-refractivity contribution in [3.05, 3.63) is 105 Å². The van der Waals surface area contributed by atoms with Gasteiger partial charge >= 0.3 is 11.1 Å². The van der Waals surface area contributed by atoms with Gasteiger partial charge in [0.2, 0.25) is 5.91 Å². The quantitative estimate of drug-likeness (QED) is 0.367. The van der Waals surface area contributed by atoms with Crippen LogP contribution in [0.1, 0.15) is 11.3 Å². The van der Waals surface area contributed by atoms with E-state index in [0.29, 0.717) is 30.7 Å². The standard InChI is InChI=1S/C26H28N4O4/c1-28-22-11-5-6-12-23(22)30(26(33)25(28)32)19-24(31)27-14-16-29(18-21-10-7-17-34-21)15-13-20-8-3-2-4-9-20/h2-12,17H,13-16,18-19H2,1H3,(H,27,31). The number of amides is 1. The van der Waals surface area contributed by atoms with E-state index in [9.17, 15) is 14.4 Å². The highest BCUT2D eigenvalue weighted by molar-refractivity contribution is 5.80. The minimum atomic E-state index is -0.710. The molecule has 1 amide bonds. The van der Waals surface area contributed by atoms with Gasteiger partial charge in [0.1, 0.15) is 12.3 Å². The third-order valence-electron chi connectivity index (χ3n) is 5.84. The van der Waals surface area contributed by atoms with Crippen molar-refractivity contribution < 1.29 is 9.21 Å². The number of nitrogens with one attached hydrogen (secondary N) is 1. The molecule has 0 bridgehead atoms. The molecule has 8 nitrogen and oxygen atoms in total. The largest absolute Gasteiger partial charge is 0.468 e. The molecule has 2 aromatic carbocycles. The van der Waals surface area contributed by atoms with Crippen LogP contribution in [0.5, 0.6) is 0 Å². The van der Waals surface area contributed by atoms with Crippen molar-refractivity contribution in [1.29, 1.82) is 0 Å². The number of benzene rings is 2. The number of fused-ring (bicyclic) bond motifs is 1. The van der Waals surface area contributed by atoms with Crippen molar-refractivity contribution in [1.82, 2.24) is 19.4 Å². The second-order valence-electron chi connectivity index (χ2n) is 8.19. The molecular formula is C26H28N4O4. The molecule has 0 fully saturated rings. The normalized spacial score (nSPS) is 11.2. The first-order chi connectivity index (χ1) is 16.5. The van der Waals surface area contributed by atoms with Crippen LogP contribution in [0.15, 0.2) is 87.0 Å². The third kappa shape index (κ3) is 5.52. The van der Waals surface area contributed by atoms with Gasteiger partial charge in [-0.25, -0.2) is 0 Å². The number of aromatic nitrogens is 2. The summed E-state index contributed by atoms with van der Waals surface area (Å²) in [5, 5.41) is 2.89. The fraction of sp³-hybridized carbons (Fsp3) is 0.269. The van der Waals surface area contributed by atoms with Crippen LogP contribution in [-0.2, 0) is 31.4 Å². The van der Waals surface area contributed by atoms with Crippen LogP contribution in [-0.4, -0.2) is 39.6 Å². The highest BCUT2D eigenvalue weighted by Crippen LogP contribution is 2.10. The van der Waals surface area contributed by atoms with E-state index in [2.05, 4.69) is 22.3 Å². The van der Waals surface area contributed by atoms with Crippen molar-refractivity contribution in [3.63, 3.8) is 0 Å². The molecule has 0 unspecified atom stereocenters. The zero-order valence-electron chi connectivity index (χ0n) is 19.1. The molecule has 0 spiro atoms. The number of hydrogen-bond donors (Lipinski definition) is 1. The molecule has 0 aliphatic heterocycles. The summed E-state index contributed by atoms with van der Waals surface area (Å²) < 4.78 is 8.05. The van der Waals surface area contributed by atoms with E-state index in [0.717, 1.165) is 18.7 Å². The van der Waals surface area contributed by atoms with Crippen molar-refractivity contribution in [2.45, 2.75) is 19.5 Å². The van der Waals surface area contributed by atoms with Crippen LogP contribution in [0.25, 0.3) is 11.0 Å². The second-order valence-corrected chi connectivity index (χ2v) is 8.19. The number of carbonyl (C=O) groups is 1. The monoisotopic (exact) mass is 460 g/mol. The number of carbonyl (C=O) groups excluding carboxylic acids is 1. The maximum atomic E-state index is 12.7. The molecule has 0 atom stereocenters. The van der Waals surface area contributed by atoms with Crippen molar-refractivity contribution in [2.24, 2.45) is 7.05 Å². The van der Waals surface area contributed by atoms with Crippen LogP contribution in [0.3, 0.4) is 0 Å². The summed E-state index contributed by atoms with van der Waals surface area (Å²) in [7, 11) is 1.56. The summed E-state index contributed by atoms with van der Waals surface area (Å²) in [6, 6.07) is 21.1. The predicted octanol–water partition coefficient (Wildman–Crippen LogP) is 2.15.